The number of nitrogens with zero attached hydrogens (tertiary/aromatic N) is 2. The normalized spacial score (nSPS) is 15.2. The van der Waals surface area contributed by atoms with Crippen LogP contribution >= 0.6 is 0 Å². The molecule has 1 fully saturated rings. The Labute approximate surface area is 166 Å². The van der Waals surface area contributed by atoms with E-state index in [0.29, 0.717) is 11.1 Å². The van der Waals surface area contributed by atoms with E-state index in [1.54, 1.807) is 0 Å². The number of alkyl carbamates (subject to hydrolysis) is 1. The Kier molecular flexibility index (Phi) is 4.89. The second-order valence-corrected chi connectivity index (χ2v) is 8.72. The average Bonchev–Trinajstić information content (AvgIpc) is 2.97. The van der Waals surface area contributed by atoms with Gasteiger partial charge in [0, 0.05) is 20.1 Å². The average molecular weight is 417 g/mol. The highest BCUT2D eigenvalue weighted by Crippen LogP contribution is 2.24. The van der Waals surface area contributed by atoms with E-state index in [-0.39, 0.29) is 30.6 Å². The molecule has 0 aliphatic carbocycles. The number of hydrogen-bond donors (Lipinski definition) is 1. The van der Waals surface area contributed by atoms with Crippen molar-refractivity contribution in [1.82, 2.24) is 14.2 Å². The van der Waals surface area contributed by atoms with Crippen LogP contribution in [0.1, 0.15) is 5.56 Å². The van der Waals surface area contributed by atoms with Crippen molar-refractivity contribution in [1.29, 1.82) is 0 Å². The zero-order chi connectivity index (χ0) is 20.6. The van der Waals surface area contributed by atoms with Crippen molar-refractivity contribution in [2.45, 2.75) is 17.5 Å². The van der Waals surface area contributed by atoms with E-state index in [0.717, 1.165) is 5.56 Å². The molecule has 1 aliphatic rings. The number of carbonyl (C=O) groups excluding carboxylic acids is 1. The smallest absolute Gasteiger partial charge is 0.419 e. The second-order valence-electron chi connectivity index (χ2n) is 6.78. The summed E-state index contributed by atoms with van der Waals surface area (Å²) >= 11 is 0. The summed E-state index contributed by atoms with van der Waals surface area (Å²) in [5, 5.41) is 2.65. The lowest BCUT2D eigenvalue weighted by Gasteiger charge is -2.37. The van der Waals surface area contributed by atoms with Crippen molar-refractivity contribution in [3.05, 3.63) is 64.6 Å². The third-order valence-electron chi connectivity index (χ3n) is 4.78. The molecule has 152 valence electrons. The summed E-state index contributed by atoms with van der Waals surface area (Å²) < 4.78 is 38.2. The van der Waals surface area contributed by atoms with Crippen molar-refractivity contribution < 1.29 is 22.4 Å². The van der Waals surface area contributed by atoms with Crippen LogP contribution in [0.15, 0.2) is 62.6 Å². The molecule has 2 aromatic carbocycles. The van der Waals surface area contributed by atoms with Crippen LogP contribution in [-0.4, -0.2) is 42.5 Å². The standard InChI is InChI=1S/C19H19N3O6S/c1-21-16-9-15(7-8-17(16)28-19(21)24)29(25,26)22-10-14(11-22)20-18(23)27-12-13-5-3-2-4-6-13/h2-9,14H,10-12H2,1H3,(H,20,23). The van der Waals surface area contributed by atoms with Crippen LogP contribution in [0.25, 0.3) is 11.1 Å². The maximum atomic E-state index is 12.8. The summed E-state index contributed by atoms with van der Waals surface area (Å²) in [4.78, 5) is 23.5. The third-order valence-corrected chi connectivity index (χ3v) is 6.61. The molecular formula is C19H19N3O6S. The molecule has 4 rings (SSSR count). The second kappa shape index (κ2) is 7.37. The molecule has 3 aromatic rings. The number of aromatic nitrogens is 1. The van der Waals surface area contributed by atoms with Crippen molar-refractivity contribution in [3.63, 3.8) is 0 Å². The van der Waals surface area contributed by atoms with Gasteiger partial charge in [-0.1, -0.05) is 30.3 Å². The zero-order valence-electron chi connectivity index (χ0n) is 15.6. The lowest BCUT2D eigenvalue weighted by molar-refractivity contribution is 0.123. The summed E-state index contributed by atoms with van der Waals surface area (Å²) in [6.07, 6.45) is -0.592. The number of carbonyl (C=O) groups is 1. The summed E-state index contributed by atoms with van der Waals surface area (Å²) in [7, 11) is -2.23. The number of fused-ring (bicyclic) bond motifs is 1. The van der Waals surface area contributed by atoms with Gasteiger partial charge in [-0.2, -0.15) is 4.31 Å². The molecule has 0 saturated carbocycles. The quantitative estimate of drug-likeness (QED) is 0.672. The van der Waals surface area contributed by atoms with Gasteiger partial charge in [0.05, 0.1) is 16.5 Å². The van der Waals surface area contributed by atoms with E-state index in [1.165, 1.54) is 34.1 Å². The molecule has 0 radical (unpaired) electrons. The highest BCUT2D eigenvalue weighted by molar-refractivity contribution is 7.89. The van der Waals surface area contributed by atoms with Gasteiger partial charge >= 0.3 is 11.8 Å². The number of rotatable bonds is 5. The van der Waals surface area contributed by atoms with Crippen molar-refractivity contribution in [2.75, 3.05) is 13.1 Å². The number of benzene rings is 2. The van der Waals surface area contributed by atoms with Crippen molar-refractivity contribution in [3.8, 4) is 0 Å². The molecule has 1 aliphatic heterocycles. The minimum atomic E-state index is -3.74. The van der Waals surface area contributed by atoms with E-state index in [9.17, 15) is 18.0 Å². The molecule has 1 aromatic heterocycles. The number of hydrogen-bond acceptors (Lipinski definition) is 6. The van der Waals surface area contributed by atoms with Gasteiger partial charge in [0.2, 0.25) is 10.0 Å². The van der Waals surface area contributed by atoms with Crippen LogP contribution in [0.3, 0.4) is 0 Å². The Balaban J connectivity index is 1.35. The highest BCUT2D eigenvalue weighted by Gasteiger charge is 2.38. The maximum absolute atomic E-state index is 12.8. The van der Waals surface area contributed by atoms with Gasteiger partial charge in [0.15, 0.2) is 5.58 Å². The third kappa shape index (κ3) is 3.76. The minimum absolute atomic E-state index is 0.0616. The van der Waals surface area contributed by atoms with Gasteiger partial charge in [0.25, 0.3) is 0 Å². The van der Waals surface area contributed by atoms with Gasteiger partial charge < -0.3 is 14.5 Å². The zero-order valence-corrected chi connectivity index (χ0v) is 16.4. The highest BCUT2D eigenvalue weighted by atomic mass is 32.2. The molecule has 1 saturated heterocycles. The van der Waals surface area contributed by atoms with E-state index in [2.05, 4.69) is 5.32 Å². The molecule has 0 unspecified atom stereocenters. The van der Waals surface area contributed by atoms with E-state index >= 15 is 0 Å². The van der Waals surface area contributed by atoms with Gasteiger partial charge in [0.1, 0.15) is 6.61 Å². The molecular weight excluding hydrogens is 398 g/mol. The van der Waals surface area contributed by atoms with Crippen LogP contribution in [0, 0.1) is 0 Å². The number of oxazole rings is 1. The fourth-order valence-electron chi connectivity index (χ4n) is 3.07. The number of amides is 1. The van der Waals surface area contributed by atoms with E-state index in [1.807, 2.05) is 30.3 Å². The predicted molar refractivity (Wildman–Crippen MR) is 104 cm³/mol. The maximum Gasteiger partial charge on any atom is 0.419 e. The minimum Gasteiger partial charge on any atom is -0.445 e. The lowest BCUT2D eigenvalue weighted by atomic mass is 10.2. The summed E-state index contributed by atoms with van der Waals surface area (Å²) in [6.45, 7) is 0.432. The molecule has 29 heavy (non-hydrogen) atoms. The number of nitrogens with one attached hydrogen (secondary N) is 1. The summed E-state index contributed by atoms with van der Waals surface area (Å²) in [6, 6.07) is 13.2. The first-order valence-corrected chi connectivity index (χ1v) is 10.4. The molecule has 2 heterocycles. The first-order chi connectivity index (χ1) is 13.8. The molecule has 1 N–H and O–H groups in total. The Hall–Kier alpha value is -3.11. The SMILES string of the molecule is Cn1c(=O)oc2ccc(S(=O)(=O)N3CC(NC(=O)OCc4ccccc4)C3)cc21. The van der Waals surface area contributed by atoms with Gasteiger partial charge in [-0.25, -0.2) is 18.0 Å². The molecule has 1 amide bonds. The Bertz CT molecular complexity index is 1210. The lowest BCUT2D eigenvalue weighted by Crippen LogP contribution is -2.60. The Morgan fingerprint density at radius 3 is 2.66 bits per heavy atom. The largest absolute Gasteiger partial charge is 0.445 e. The summed E-state index contributed by atoms with van der Waals surface area (Å²) in [5.74, 6) is -0.559. The van der Waals surface area contributed by atoms with E-state index < -0.39 is 21.9 Å². The number of aryl methyl sites for hydroxylation is 1. The fraction of sp³-hybridized carbons (Fsp3) is 0.263. The van der Waals surface area contributed by atoms with Crippen molar-refractivity contribution in [2.24, 2.45) is 7.05 Å². The molecule has 0 bridgehead atoms. The topological polar surface area (TPSA) is 111 Å². The van der Waals surface area contributed by atoms with Crippen LogP contribution in [0.5, 0.6) is 0 Å². The molecule has 0 atom stereocenters. The van der Waals surface area contributed by atoms with Crippen LogP contribution < -0.4 is 11.1 Å². The molecule has 9 nitrogen and oxygen atoms in total. The number of sulfonamides is 1. The fourth-order valence-corrected chi connectivity index (χ4v) is 4.62. The first-order valence-electron chi connectivity index (χ1n) is 8.91. The van der Waals surface area contributed by atoms with Gasteiger partial charge in [-0.15, -0.1) is 0 Å². The van der Waals surface area contributed by atoms with Crippen molar-refractivity contribution >= 4 is 27.2 Å². The van der Waals surface area contributed by atoms with Gasteiger partial charge in [-0.3, -0.25) is 4.57 Å². The van der Waals surface area contributed by atoms with Crippen LogP contribution in [-0.2, 0) is 28.4 Å². The Morgan fingerprint density at radius 1 is 1.21 bits per heavy atom. The molecule has 0 spiro atoms. The summed E-state index contributed by atoms with van der Waals surface area (Å²) in [5.41, 5.74) is 1.58. The predicted octanol–water partition coefficient (Wildman–Crippen LogP) is 1.43. The van der Waals surface area contributed by atoms with Crippen LogP contribution in [0.4, 0.5) is 4.79 Å². The monoisotopic (exact) mass is 417 g/mol. The Morgan fingerprint density at radius 2 is 1.93 bits per heavy atom. The number of ether oxygens (including phenoxy) is 1. The molecule has 10 heteroatoms. The first kappa shape index (κ1) is 19.2. The van der Waals surface area contributed by atoms with Crippen LogP contribution in [0.2, 0.25) is 0 Å². The van der Waals surface area contributed by atoms with E-state index in [4.69, 9.17) is 9.15 Å². The van der Waals surface area contributed by atoms with Gasteiger partial charge in [-0.05, 0) is 23.8 Å².